The normalized spacial score (nSPS) is 24.6. The van der Waals surface area contributed by atoms with Gasteiger partial charge in [-0.25, -0.2) is 0 Å². The van der Waals surface area contributed by atoms with Gasteiger partial charge in [-0.05, 0) is 13.3 Å². The van der Waals surface area contributed by atoms with Gasteiger partial charge in [0.2, 0.25) is 0 Å². The lowest BCUT2D eigenvalue weighted by Gasteiger charge is -2.05. The van der Waals surface area contributed by atoms with Crippen LogP contribution in [0.25, 0.3) is 0 Å². The summed E-state index contributed by atoms with van der Waals surface area (Å²) in [5.41, 5.74) is 1.86. The van der Waals surface area contributed by atoms with Gasteiger partial charge < -0.3 is 9.59 Å². The summed E-state index contributed by atoms with van der Waals surface area (Å²) in [5.74, 6) is -0.289. The predicted octanol–water partition coefficient (Wildman–Crippen LogP) is 0.872. The molecule has 0 saturated carbocycles. The number of aryl methyl sites for hydroxylation is 1. The van der Waals surface area contributed by atoms with Crippen LogP contribution in [0.4, 0.5) is 0 Å². The largest absolute Gasteiger partial charge is 0.303 e. The quantitative estimate of drug-likeness (QED) is 0.668. The number of nitrogens with zero attached hydrogens (tertiary/aromatic N) is 2. The Morgan fingerprint density at radius 2 is 2.21 bits per heavy atom. The first-order valence-electron chi connectivity index (χ1n) is 4.78. The van der Waals surface area contributed by atoms with Crippen molar-refractivity contribution in [1.82, 2.24) is 9.78 Å². The maximum absolute atomic E-state index is 10.8. The van der Waals surface area contributed by atoms with Crippen LogP contribution in [0.15, 0.2) is 6.20 Å². The highest BCUT2D eigenvalue weighted by atomic mass is 16.1. The van der Waals surface area contributed by atoms with Crippen LogP contribution in [0.1, 0.15) is 36.4 Å². The molecule has 0 radical (unpaired) electrons. The molecule has 1 heterocycles. The van der Waals surface area contributed by atoms with Crippen LogP contribution in [0.5, 0.6) is 0 Å². The van der Waals surface area contributed by atoms with Crippen molar-refractivity contribution in [2.45, 2.75) is 31.7 Å². The van der Waals surface area contributed by atoms with Crippen molar-refractivity contribution in [2.24, 2.45) is 0 Å². The summed E-state index contributed by atoms with van der Waals surface area (Å²) in [6.07, 6.45) is 4.14. The third kappa shape index (κ3) is 1.10. The minimum Gasteiger partial charge on any atom is -0.303 e. The molecule has 0 aliphatic heterocycles. The molecule has 1 aromatic rings. The second kappa shape index (κ2) is 3.36. The monoisotopic (exact) mass is 192 g/mol. The van der Waals surface area contributed by atoms with Crippen LogP contribution in [0.2, 0.25) is 0 Å². The van der Waals surface area contributed by atoms with Gasteiger partial charge in [-0.2, -0.15) is 5.10 Å². The lowest BCUT2D eigenvalue weighted by atomic mass is 10.0. The molecule has 2 rings (SSSR count). The number of hydrogen-bond acceptors (Lipinski definition) is 3. The smallest absolute Gasteiger partial charge is 0.129 e. The average molecular weight is 192 g/mol. The highest BCUT2D eigenvalue weighted by Gasteiger charge is 2.34. The molecule has 0 unspecified atom stereocenters. The van der Waals surface area contributed by atoms with Crippen molar-refractivity contribution in [3.05, 3.63) is 17.5 Å². The number of aldehydes is 2. The molecule has 0 spiro atoms. The van der Waals surface area contributed by atoms with Crippen molar-refractivity contribution in [3.8, 4) is 0 Å². The van der Waals surface area contributed by atoms with Crippen molar-refractivity contribution in [3.63, 3.8) is 0 Å². The second-order valence-electron chi connectivity index (χ2n) is 3.52. The summed E-state index contributed by atoms with van der Waals surface area (Å²) in [4.78, 5) is 21.6. The Bertz CT molecular complexity index is 370. The van der Waals surface area contributed by atoms with E-state index >= 15 is 0 Å². The minimum absolute atomic E-state index is 0.138. The molecule has 1 aromatic heterocycles. The first kappa shape index (κ1) is 9.12. The van der Waals surface area contributed by atoms with Gasteiger partial charge in [-0.1, -0.05) is 0 Å². The summed E-state index contributed by atoms with van der Waals surface area (Å²) in [7, 11) is 0. The van der Waals surface area contributed by atoms with E-state index < -0.39 is 0 Å². The molecule has 1 aliphatic carbocycles. The molecule has 74 valence electrons. The van der Waals surface area contributed by atoms with Crippen LogP contribution in [-0.2, 0) is 16.1 Å². The Morgan fingerprint density at radius 3 is 2.79 bits per heavy atom. The molecule has 0 N–H and O–H groups in total. The summed E-state index contributed by atoms with van der Waals surface area (Å²) in [6, 6.07) is 0. The highest BCUT2D eigenvalue weighted by molar-refractivity contribution is 5.72. The van der Waals surface area contributed by atoms with Gasteiger partial charge in [0.05, 0.1) is 17.8 Å². The first-order valence-corrected chi connectivity index (χ1v) is 4.78. The van der Waals surface area contributed by atoms with E-state index in [1.807, 2.05) is 6.92 Å². The van der Waals surface area contributed by atoms with Crippen LogP contribution < -0.4 is 0 Å². The zero-order chi connectivity index (χ0) is 10.1. The standard InChI is InChI=1S/C10H12N2O2/c1-2-12-10-8(6-14)3-7(5-13)9(10)4-11-12/h4-8H,2-3H2,1H3/t7-,8+/m1/s1. The molecule has 2 atom stereocenters. The number of hydrogen-bond donors (Lipinski definition) is 0. The number of carbonyl (C=O) groups is 2. The van der Waals surface area contributed by atoms with Gasteiger partial charge in [-0.3, -0.25) is 4.68 Å². The molecule has 14 heavy (non-hydrogen) atoms. The van der Waals surface area contributed by atoms with Crippen molar-refractivity contribution < 1.29 is 9.59 Å². The molecule has 0 aromatic carbocycles. The van der Waals surface area contributed by atoms with E-state index in [0.29, 0.717) is 6.42 Å². The fourth-order valence-electron chi connectivity index (χ4n) is 2.11. The van der Waals surface area contributed by atoms with Crippen molar-refractivity contribution >= 4 is 12.6 Å². The molecule has 4 heteroatoms. The lowest BCUT2D eigenvalue weighted by molar-refractivity contribution is -0.110. The fourth-order valence-corrected chi connectivity index (χ4v) is 2.11. The molecular formula is C10H12N2O2. The van der Waals surface area contributed by atoms with E-state index in [2.05, 4.69) is 5.10 Å². The Morgan fingerprint density at radius 1 is 1.50 bits per heavy atom. The van der Waals surface area contributed by atoms with Crippen molar-refractivity contribution in [2.75, 3.05) is 0 Å². The van der Waals surface area contributed by atoms with Crippen LogP contribution in [0.3, 0.4) is 0 Å². The first-order chi connectivity index (χ1) is 6.81. The second-order valence-corrected chi connectivity index (χ2v) is 3.52. The number of fused-ring (bicyclic) bond motifs is 1. The molecular weight excluding hydrogens is 180 g/mol. The Labute approximate surface area is 81.9 Å². The third-order valence-electron chi connectivity index (χ3n) is 2.80. The van der Waals surface area contributed by atoms with Gasteiger partial charge >= 0.3 is 0 Å². The third-order valence-corrected chi connectivity index (χ3v) is 2.80. The SMILES string of the molecule is CCn1ncc2c1[C@H](C=O)C[C@@H]2C=O. The lowest BCUT2D eigenvalue weighted by Crippen LogP contribution is -2.06. The van der Waals surface area contributed by atoms with Crippen LogP contribution >= 0.6 is 0 Å². The van der Waals surface area contributed by atoms with Gasteiger partial charge in [-0.15, -0.1) is 0 Å². The minimum atomic E-state index is -0.150. The van der Waals surface area contributed by atoms with Gasteiger partial charge in [0.1, 0.15) is 12.6 Å². The Balaban J connectivity index is 2.49. The van der Waals surface area contributed by atoms with Gasteiger partial charge in [0.25, 0.3) is 0 Å². The molecule has 1 aliphatic rings. The van der Waals surface area contributed by atoms with Crippen LogP contribution in [-0.4, -0.2) is 22.4 Å². The maximum Gasteiger partial charge on any atom is 0.129 e. The average Bonchev–Trinajstić information content (AvgIpc) is 2.75. The number of rotatable bonds is 3. The molecule has 4 nitrogen and oxygen atoms in total. The van der Waals surface area contributed by atoms with E-state index in [9.17, 15) is 9.59 Å². The number of aromatic nitrogens is 2. The molecule has 0 fully saturated rings. The summed E-state index contributed by atoms with van der Waals surface area (Å²) in [6.45, 7) is 2.72. The zero-order valence-electron chi connectivity index (χ0n) is 8.01. The summed E-state index contributed by atoms with van der Waals surface area (Å²) < 4.78 is 1.80. The number of carbonyl (C=O) groups excluding carboxylic acids is 2. The van der Waals surface area contributed by atoms with Crippen molar-refractivity contribution in [1.29, 1.82) is 0 Å². The topological polar surface area (TPSA) is 52.0 Å². The molecule has 0 amide bonds. The molecule has 0 saturated heterocycles. The Hall–Kier alpha value is -1.45. The summed E-state index contributed by atoms with van der Waals surface area (Å²) >= 11 is 0. The van der Waals surface area contributed by atoms with Crippen LogP contribution in [0, 0.1) is 0 Å². The van der Waals surface area contributed by atoms with E-state index in [0.717, 1.165) is 30.4 Å². The predicted molar refractivity (Wildman–Crippen MR) is 50.1 cm³/mol. The van der Waals surface area contributed by atoms with E-state index in [-0.39, 0.29) is 11.8 Å². The highest BCUT2D eigenvalue weighted by Crippen LogP contribution is 2.39. The maximum atomic E-state index is 10.8. The Kier molecular flexibility index (Phi) is 2.19. The van der Waals surface area contributed by atoms with Gasteiger partial charge in [0.15, 0.2) is 0 Å². The summed E-state index contributed by atoms with van der Waals surface area (Å²) in [5, 5.41) is 4.15. The van der Waals surface area contributed by atoms with E-state index in [1.54, 1.807) is 10.9 Å². The fraction of sp³-hybridized carbons (Fsp3) is 0.500. The van der Waals surface area contributed by atoms with Gasteiger partial charge in [0, 0.05) is 18.0 Å². The zero-order valence-corrected chi connectivity index (χ0v) is 8.01. The van der Waals surface area contributed by atoms with E-state index in [4.69, 9.17) is 0 Å². The molecule has 0 bridgehead atoms. The van der Waals surface area contributed by atoms with E-state index in [1.165, 1.54) is 0 Å².